The molecular weight excluding hydrogens is 286 g/mol. The Morgan fingerprint density at radius 1 is 1.60 bits per heavy atom. The first-order valence-corrected chi connectivity index (χ1v) is 8.75. The van der Waals surface area contributed by atoms with E-state index in [1.807, 2.05) is 18.4 Å². The molecule has 0 radical (unpaired) electrons. The van der Waals surface area contributed by atoms with Crippen molar-refractivity contribution in [2.24, 2.45) is 17.3 Å². The quantitative estimate of drug-likeness (QED) is 0.716. The van der Waals surface area contributed by atoms with Gasteiger partial charge in [-0.2, -0.15) is 0 Å². The zero-order valence-electron chi connectivity index (χ0n) is 12.6. The highest BCUT2D eigenvalue weighted by Crippen LogP contribution is 2.59. The van der Waals surface area contributed by atoms with Crippen LogP contribution < -0.4 is 5.32 Å². The van der Waals surface area contributed by atoms with E-state index >= 15 is 0 Å². The molecule has 0 spiro atoms. The summed E-state index contributed by atoms with van der Waals surface area (Å²) in [5.74, 6) is 1.03. The Morgan fingerprint density at radius 2 is 2.35 bits per heavy atom. The Hall–Kier alpha value is -0.320. The van der Waals surface area contributed by atoms with Gasteiger partial charge in [0.15, 0.2) is 5.12 Å². The van der Waals surface area contributed by atoms with Crippen LogP contribution in [0.5, 0.6) is 0 Å². The van der Waals surface area contributed by atoms with Crippen LogP contribution in [0.1, 0.15) is 38.0 Å². The van der Waals surface area contributed by atoms with Gasteiger partial charge < -0.3 is 5.32 Å². The fourth-order valence-corrected chi connectivity index (χ4v) is 4.40. The smallest absolute Gasteiger partial charge is 0.192 e. The summed E-state index contributed by atoms with van der Waals surface area (Å²) in [6.45, 7) is 4.44. The molecule has 4 atom stereocenters. The number of carbonyl (C=O) groups is 1. The molecule has 4 unspecified atom stereocenters. The fourth-order valence-electron chi connectivity index (χ4n) is 3.33. The molecule has 1 fully saturated rings. The molecule has 2 rings (SSSR count). The molecule has 0 amide bonds. The Bertz CT molecular complexity index is 445. The van der Waals surface area contributed by atoms with Crippen LogP contribution in [-0.2, 0) is 11.2 Å². The van der Waals surface area contributed by atoms with Crippen molar-refractivity contribution < 1.29 is 4.79 Å². The zero-order valence-corrected chi connectivity index (χ0v) is 14.3. The van der Waals surface area contributed by atoms with Crippen LogP contribution in [0, 0.1) is 17.3 Å². The molecule has 0 aromatic carbocycles. The molecule has 4 heteroatoms. The molecule has 2 nitrogen and oxygen atoms in total. The lowest BCUT2D eigenvalue weighted by Gasteiger charge is -2.21. The van der Waals surface area contributed by atoms with Crippen molar-refractivity contribution in [2.75, 3.05) is 7.05 Å². The van der Waals surface area contributed by atoms with Crippen molar-refractivity contribution in [3.05, 3.63) is 22.4 Å². The van der Waals surface area contributed by atoms with E-state index in [-0.39, 0.29) is 10.5 Å². The summed E-state index contributed by atoms with van der Waals surface area (Å²) < 4.78 is 0. The molecule has 1 aromatic rings. The summed E-state index contributed by atoms with van der Waals surface area (Å²) in [6.07, 6.45) is 4.27. The maximum absolute atomic E-state index is 12.0. The lowest BCUT2D eigenvalue weighted by molar-refractivity contribution is -0.116. The van der Waals surface area contributed by atoms with Crippen LogP contribution in [0.4, 0.5) is 0 Å². The van der Waals surface area contributed by atoms with Crippen LogP contribution >= 0.6 is 24.0 Å². The van der Waals surface area contributed by atoms with Crippen LogP contribution in [0.2, 0.25) is 0 Å². The maximum Gasteiger partial charge on any atom is 0.192 e. The van der Waals surface area contributed by atoms with Crippen LogP contribution in [0.3, 0.4) is 0 Å². The van der Waals surface area contributed by atoms with E-state index in [1.165, 1.54) is 4.88 Å². The molecule has 1 saturated carbocycles. The third-order valence-corrected chi connectivity index (χ3v) is 6.18. The summed E-state index contributed by atoms with van der Waals surface area (Å²) >= 11 is 5.99. The average Bonchev–Trinajstić information content (AvgIpc) is 2.91. The molecule has 0 bridgehead atoms. The average molecular weight is 312 g/mol. The van der Waals surface area contributed by atoms with Crippen molar-refractivity contribution in [2.45, 2.75) is 45.6 Å². The molecule has 0 saturated heterocycles. The predicted molar refractivity (Wildman–Crippen MR) is 89.5 cm³/mol. The summed E-state index contributed by atoms with van der Waals surface area (Å²) in [6, 6.07) is 4.70. The van der Waals surface area contributed by atoms with Crippen LogP contribution in [0.25, 0.3) is 0 Å². The normalized spacial score (nSPS) is 28.1. The molecule has 0 aliphatic heterocycles. The third-order valence-electron chi connectivity index (χ3n) is 4.79. The number of nitrogens with one attached hydrogen (secondary N) is 1. The molecule has 1 N–H and O–H groups in total. The lowest BCUT2D eigenvalue weighted by atomic mass is 9.87. The van der Waals surface area contributed by atoms with E-state index in [4.69, 9.17) is 0 Å². The maximum atomic E-state index is 12.0. The summed E-state index contributed by atoms with van der Waals surface area (Å²) in [7, 11) is 1.97. The third kappa shape index (κ3) is 3.46. The zero-order chi connectivity index (χ0) is 14.8. The summed E-state index contributed by atoms with van der Waals surface area (Å²) in [5, 5.41) is 5.50. The SMILES string of the molecule is CNC(C)C1CC1(CC(C)CCc1cccs1)C(=O)S. The van der Waals surface area contributed by atoms with E-state index in [1.54, 1.807) is 0 Å². The van der Waals surface area contributed by atoms with Crippen molar-refractivity contribution in [1.29, 1.82) is 0 Å². The van der Waals surface area contributed by atoms with Crippen molar-refractivity contribution in [3.63, 3.8) is 0 Å². The first-order chi connectivity index (χ1) is 9.49. The summed E-state index contributed by atoms with van der Waals surface area (Å²) in [4.78, 5) is 13.4. The first-order valence-electron chi connectivity index (χ1n) is 7.42. The van der Waals surface area contributed by atoms with Gasteiger partial charge in [-0.1, -0.05) is 13.0 Å². The van der Waals surface area contributed by atoms with Gasteiger partial charge in [0.1, 0.15) is 0 Å². The van der Waals surface area contributed by atoms with Crippen molar-refractivity contribution >= 4 is 29.1 Å². The molecule has 112 valence electrons. The van der Waals surface area contributed by atoms with Gasteiger partial charge >= 0.3 is 0 Å². The highest BCUT2D eigenvalue weighted by atomic mass is 32.1. The van der Waals surface area contributed by atoms with Crippen LogP contribution in [-0.4, -0.2) is 18.2 Å². The number of carbonyl (C=O) groups excluding carboxylic acids is 1. The minimum absolute atomic E-state index is 0.0903. The van der Waals surface area contributed by atoms with Gasteiger partial charge in [-0.15, -0.1) is 24.0 Å². The van der Waals surface area contributed by atoms with Gasteiger partial charge in [0, 0.05) is 16.3 Å². The van der Waals surface area contributed by atoms with Gasteiger partial charge in [-0.05, 0) is 62.9 Å². The highest BCUT2D eigenvalue weighted by molar-refractivity contribution is 7.96. The lowest BCUT2D eigenvalue weighted by Crippen LogP contribution is -2.29. The second-order valence-electron chi connectivity index (χ2n) is 6.28. The summed E-state index contributed by atoms with van der Waals surface area (Å²) in [5.41, 5.74) is -0.166. The van der Waals surface area contributed by atoms with Crippen molar-refractivity contribution in [1.82, 2.24) is 5.32 Å². The van der Waals surface area contributed by atoms with E-state index in [9.17, 15) is 4.79 Å². The second-order valence-corrected chi connectivity index (χ2v) is 7.72. The molecule has 1 aromatic heterocycles. The van der Waals surface area contributed by atoms with E-state index in [0.717, 1.165) is 25.7 Å². The molecule has 1 aliphatic rings. The number of thiophene rings is 1. The van der Waals surface area contributed by atoms with E-state index < -0.39 is 0 Å². The monoisotopic (exact) mass is 311 g/mol. The minimum Gasteiger partial charge on any atom is -0.317 e. The highest BCUT2D eigenvalue weighted by Gasteiger charge is 2.60. The van der Waals surface area contributed by atoms with Gasteiger partial charge in [-0.25, -0.2) is 0 Å². The Balaban J connectivity index is 1.88. The number of thiol groups is 1. The standard InChI is InChI=1S/C16H25NOS2/c1-11(6-7-13-5-4-8-20-13)9-16(15(18)19)10-14(16)12(2)17-3/h4-5,8,11-12,14,17H,6-7,9-10H2,1-3H3,(H,18,19). The topological polar surface area (TPSA) is 29.1 Å². The number of hydrogen-bond acceptors (Lipinski definition) is 3. The number of aryl methyl sites for hydroxylation is 1. The second kappa shape index (κ2) is 6.63. The van der Waals surface area contributed by atoms with Gasteiger partial charge in [0.25, 0.3) is 0 Å². The molecule has 1 heterocycles. The predicted octanol–water partition coefficient (Wildman–Crippen LogP) is 3.78. The minimum atomic E-state index is -0.166. The largest absolute Gasteiger partial charge is 0.317 e. The molecule has 1 aliphatic carbocycles. The number of hydrogen-bond donors (Lipinski definition) is 2. The molecule has 20 heavy (non-hydrogen) atoms. The van der Waals surface area contributed by atoms with Crippen LogP contribution in [0.15, 0.2) is 17.5 Å². The Morgan fingerprint density at radius 3 is 2.90 bits per heavy atom. The van der Waals surface area contributed by atoms with Gasteiger partial charge in [0.2, 0.25) is 0 Å². The number of rotatable bonds is 8. The molecular formula is C16H25NOS2. The van der Waals surface area contributed by atoms with E-state index in [0.29, 0.717) is 17.9 Å². The van der Waals surface area contributed by atoms with E-state index in [2.05, 4.69) is 49.3 Å². The Labute approximate surface area is 131 Å². The fraction of sp³-hybridized carbons (Fsp3) is 0.688. The van der Waals surface area contributed by atoms with Gasteiger partial charge in [0.05, 0.1) is 0 Å². The Kier molecular flexibility index (Phi) is 5.32. The van der Waals surface area contributed by atoms with Gasteiger partial charge in [-0.3, -0.25) is 4.79 Å². The van der Waals surface area contributed by atoms with Crippen molar-refractivity contribution in [3.8, 4) is 0 Å². The first kappa shape index (κ1) is 16.1.